The van der Waals surface area contributed by atoms with Crippen LogP contribution < -0.4 is 5.69 Å². The van der Waals surface area contributed by atoms with E-state index < -0.39 is 0 Å². The summed E-state index contributed by atoms with van der Waals surface area (Å²) in [5.74, 6) is 0. The topological polar surface area (TPSA) is 57.3 Å². The van der Waals surface area contributed by atoms with E-state index in [0.717, 1.165) is 32.1 Å². The zero-order chi connectivity index (χ0) is 18.3. The third-order valence-electron chi connectivity index (χ3n) is 4.39. The zero-order valence-corrected chi connectivity index (χ0v) is 16.0. The maximum atomic E-state index is 12.8. The van der Waals surface area contributed by atoms with Crippen LogP contribution in [0.1, 0.15) is 5.56 Å². The molecule has 26 heavy (non-hydrogen) atoms. The first-order valence-corrected chi connectivity index (χ1v) is 9.06. The number of furan rings is 1. The third-order valence-corrected chi connectivity index (χ3v) is 4.88. The van der Waals surface area contributed by atoms with Crippen LogP contribution in [-0.4, -0.2) is 23.3 Å². The summed E-state index contributed by atoms with van der Waals surface area (Å²) in [7, 11) is 1.61. The van der Waals surface area contributed by atoms with E-state index >= 15 is 0 Å². The van der Waals surface area contributed by atoms with Crippen LogP contribution in [0.2, 0.25) is 0 Å². The molecule has 0 aliphatic heterocycles. The van der Waals surface area contributed by atoms with Crippen LogP contribution in [0.3, 0.4) is 0 Å². The highest BCUT2D eigenvalue weighted by molar-refractivity contribution is 9.10. The molecule has 0 fully saturated rings. The van der Waals surface area contributed by atoms with Crippen LogP contribution in [-0.2, 0) is 11.3 Å². The number of halogens is 1. The lowest BCUT2D eigenvalue weighted by Gasteiger charge is -2.09. The van der Waals surface area contributed by atoms with Gasteiger partial charge in [-0.15, -0.1) is 0 Å². The first-order chi connectivity index (χ1) is 12.6. The van der Waals surface area contributed by atoms with E-state index in [9.17, 15) is 4.79 Å². The Morgan fingerprint density at radius 2 is 1.96 bits per heavy atom. The molecule has 0 aliphatic carbocycles. The van der Waals surface area contributed by atoms with Crippen LogP contribution >= 0.6 is 15.9 Å². The molecule has 6 heteroatoms. The SMILES string of the molecule is COCCn1c(=O)nc(-c2ccc(C)cc2)c2oc3ccc(Br)cc3c21. The van der Waals surface area contributed by atoms with Crippen molar-refractivity contribution < 1.29 is 9.15 Å². The highest BCUT2D eigenvalue weighted by Crippen LogP contribution is 2.34. The summed E-state index contributed by atoms with van der Waals surface area (Å²) in [6.07, 6.45) is 0. The summed E-state index contributed by atoms with van der Waals surface area (Å²) in [4.78, 5) is 17.1. The second-order valence-corrected chi connectivity index (χ2v) is 7.09. The van der Waals surface area contributed by atoms with Crippen molar-refractivity contribution in [2.24, 2.45) is 0 Å². The predicted molar refractivity (Wildman–Crippen MR) is 106 cm³/mol. The average molecular weight is 413 g/mol. The third kappa shape index (κ3) is 2.85. The quantitative estimate of drug-likeness (QED) is 0.494. The number of hydrogen-bond donors (Lipinski definition) is 0. The zero-order valence-electron chi connectivity index (χ0n) is 14.5. The van der Waals surface area contributed by atoms with E-state index in [1.165, 1.54) is 0 Å². The number of benzene rings is 2. The minimum atomic E-state index is -0.312. The number of aromatic nitrogens is 2. The average Bonchev–Trinajstić information content (AvgIpc) is 3.00. The van der Waals surface area contributed by atoms with Crippen LogP contribution in [0.25, 0.3) is 33.3 Å². The van der Waals surface area contributed by atoms with Crippen molar-refractivity contribution >= 4 is 38.0 Å². The largest absolute Gasteiger partial charge is 0.452 e. The molecule has 0 bridgehead atoms. The fourth-order valence-corrected chi connectivity index (χ4v) is 3.45. The standard InChI is InChI=1S/C20H17BrN2O3/c1-12-3-5-13(6-4-12)17-19-18(23(9-10-25-2)20(24)22-17)15-11-14(21)7-8-16(15)26-19/h3-8,11H,9-10H2,1-2H3. The van der Waals surface area contributed by atoms with Crippen LogP contribution in [0.15, 0.2) is 56.1 Å². The number of rotatable bonds is 4. The van der Waals surface area contributed by atoms with Gasteiger partial charge in [0.25, 0.3) is 0 Å². The summed E-state index contributed by atoms with van der Waals surface area (Å²) >= 11 is 3.50. The molecule has 2 aromatic carbocycles. The molecular weight excluding hydrogens is 396 g/mol. The van der Waals surface area contributed by atoms with Gasteiger partial charge in [-0.2, -0.15) is 4.98 Å². The number of hydrogen-bond acceptors (Lipinski definition) is 4. The van der Waals surface area contributed by atoms with E-state index in [-0.39, 0.29) is 5.69 Å². The highest BCUT2D eigenvalue weighted by Gasteiger charge is 2.19. The van der Waals surface area contributed by atoms with Gasteiger partial charge in [0.15, 0.2) is 5.58 Å². The van der Waals surface area contributed by atoms with Crippen LogP contribution in [0.4, 0.5) is 0 Å². The molecule has 2 heterocycles. The number of methoxy groups -OCH3 is 1. The van der Waals surface area contributed by atoms with Gasteiger partial charge in [-0.1, -0.05) is 45.8 Å². The minimum absolute atomic E-state index is 0.312. The first kappa shape index (κ1) is 17.0. The molecule has 2 aromatic heterocycles. The number of fused-ring (bicyclic) bond motifs is 3. The van der Waals surface area contributed by atoms with Crippen molar-refractivity contribution in [1.29, 1.82) is 0 Å². The Labute approximate surface area is 158 Å². The van der Waals surface area contributed by atoms with Crippen molar-refractivity contribution in [2.75, 3.05) is 13.7 Å². The first-order valence-electron chi connectivity index (χ1n) is 8.27. The van der Waals surface area contributed by atoms with E-state index in [2.05, 4.69) is 20.9 Å². The fourth-order valence-electron chi connectivity index (χ4n) is 3.08. The normalized spacial score (nSPS) is 11.5. The van der Waals surface area contributed by atoms with Gasteiger partial charge >= 0.3 is 5.69 Å². The van der Waals surface area contributed by atoms with Crippen molar-refractivity contribution in [2.45, 2.75) is 13.5 Å². The monoisotopic (exact) mass is 412 g/mol. The molecule has 0 saturated heterocycles. The molecule has 0 saturated carbocycles. The predicted octanol–water partition coefficient (Wildman–Crippen LogP) is 4.53. The Hall–Kier alpha value is -2.44. The molecule has 0 radical (unpaired) electrons. The Bertz CT molecular complexity index is 1160. The van der Waals surface area contributed by atoms with Gasteiger partial charge in [0.05, 0.1) is 13.2 Å². The molecule has 4 aromatic rings. The number of aryl methyl sites for hydroxylation is 1. The maximum absolute atomic E-state index is 12.8. The lowest BCUT2D eigenvalue weighted by atomic mass is 10.1. The van der Waals surface area contributed by atoms with Gasteiger partial charge in [0.1, 0.15) is 16.8 Å². The van der Waals surface area contributed by atoms with Gasteiger partial charge in [-0.05, 0) is 25.1 Å². The summed E-state index contributed by atoms with van der Waals surface area (Å²) in [6, 6.07) is 13.7. The minimum Gasteiger partial charge on any atom is -0.452 e. The Balaban J connectivity index is 2.10. The van der Waals surface area contributed by atoms with E-state index in [4.69, 9.17) is 9.15 Å². The van der Waals surface area contributed by atoms with Crippen molar-refractivity contribution in [1.82, 2.24) is 9.55 Å². The summed E-state index contributed by atoms with van der Waals surface area (Å²) < 4.78 is 13.8. The lowest BCUT2D eigenvalue weighted by Crippen LogP contribution is -2.25. The second kappa shape index (κ2) is 6.70. The van der Waals surface area contributed by atoms with Crippen molar-refractivity contribution in [3.63, 3.8) is 0 Å². The van der Waals surface area contributed by atoms with Gasteiger partial charge in [-0.25, -0.2) is 4.79 Å². The smallest absolute Gasteiger partial charge is 0.348 e. The highest BCUT2D eigenvalue weighted by atomic mass is 79.9. The molecule has 0 spiro atoms. The Morgan fingerprint density at radius 1 is 1.19 bits per heavy atom. The molecule has 0 aliphatic rings. The van der Waals surface area contributed by atoms with Gasteiger partial charge < -0.3 is 9.15 Å². The molecule has 0 amide bonds. The molecule has 5 nitrogen and oxygen atoms in total. The van der Waals surface area contributed by atoms with Gasteiger partial charge in [-0.3, -0.25) is 4.57 Å². The number of nitrogens with zero attached hydrogens (tertiary/aromatic N) is 2. The summed E-state index contributed by atoms with van der Waals surface area (Å²) in [5.41, 5.74) is 4.32. The molecule has 0 unspecified atom stereocenters. The summed E-state index contributed by atoms with van der Waals surface area (Å²) in [6.45, 7) is 2.85. The maximum Gasteiger partial charge on any atom is 0.348 e. The summed E-state index contributed by atoms with van der Waals surface area (Å²) in [5, 5.41) is 0.873. The van der Waals surface area contributed by atoms with Crippen LogP contribution in [0, 0.1) is 6.92 Å². The number of ether oxygens (including phenoxy) is 1. The Kier molecular flexibility index (Phi) is 4.38. The van der Waals surface area contributed by atoms with E-state index in [1.807, 2.05) is 49.4 Å². The second-order valence-electron chi connectivity index (χ2n) is 6.17. The fraction of sp³-hybridized carbons (Fsp3) is 0.200. The van der Waals surface area contributed by atoms with Gasteiger partial charge in [0, 0.05) is 22.5 Å². The van der Waals surface area contributed by atoms with Crippen LogP contribution in [0.5, 0.6) is 0 Å². The molecule has 0 atom stereocenters. The molecule has 132 valence electrons. The van der Waals surface area contributed by atoms with E-state index in [0.29, 0.717) is 24.4 Å². The van der Waals surface area contributed by atoms with Crippen molar-refractivity contribution in [3.05, 3.63) is 63.0 Å². The molecular formula is C20H17BrN2O3. The molecule has 0 N–H and O–H groups in total. The van der Waals surface area contributed by atoms with E-state index in [1.54, 1.807) is 11.7 Å². The van der Waals surface area contributed by atoms with Gasteiger partial charge in [0.2, 0.25) is 0 Å². The Morgan fingerprint density at radius 3 is 2.69 bits per heavy atom. The van der Waals surface area contributed by atoms with Crippen molar-refractivity contribution in [3.8, 4) is 11.3 Å². The molecule has 4 rings (SSSR count). The lowest BCUT2D eigenvalue weighted by molar-refractivity contribution is 0.187.